The van der Waals surface area contributed by atoms with E-state index >= 15 is 0 Å². The molecule has 78 valence electrons. The van der Waals surface area contributed by atoms with Crippen LogP contribution in [-0.2, 0) is 0 Å². The second kappa shape index (κ2) is 3.62. The van der Waals surface area contributed by atoms with Crippen LogP contribution < -0.4 is 5.73 Å². The van der Waals surface area contributed by atoms with Gasteiger partial charge in [-0.1, -0.05) is 0 Å². The minimum atomic E-state index is -0.596. The van der Waals surface area contributed by atoms with Gasteiger partial charge in [0, 0.05) is 0 Å². The minimum absolute atomic E-state index is 0.180. The van der Waals surface area contributed by atoms with Crippen molar-refractivity contribution in [3.05, 3.63) is 28.3 Å². The smallest absolute Gasteiger partial charge is 0.199 e. The third kappa shape index (κ3) is 1.72. The monoisotopic (exact) mass is 271 g/mol. The standard InChI is InChI=1S/C9H7BrFN3O/c1-4-6(11)8(12)14-9(13-4)7-5(10)2-3-15-7/h2-3H,1H3,(H2,12,13,14). The van der Waals surface area contributed by atoms with Crippen LogP contribution >= 0.6 is 15.9 Å². The Hall–Kier alpha value is -1.43. The summed E-state index contributed by atoms with van der Waals surface area (Å²) in [6.45, 7) is 1.52. The van der Waals surface area contributed by atoms with Gasteiger partial charge >= 0.3 is 0 Å². The van der Waals surface area contributed by atoms with Gasteiger partial charge in [-0.3, -0.25) is 0 Å². The number of nitrogens with two attached hydrogens (primary N) is 1. The fourth-order valence-electron chi connectivity index (χ4n) is 1.14. The molecule has 0 spiro atoms. The van der Waals surface area contributed by atoms with Gasteiger partial charge in [0.2, 0.25) is 0 Å². The summed E-state index contributed by atoms with van der Waals surface area (Å²) in [5.74, 6) is -0.0738. The quantitative estimate of drug-likeness (QED) is 0.866. The summed E-state index contributed by atoms with van der Waals surface area (Å²) in [6.07, 6.45) is 1.48. The van der Waals surface area contributed by atoms with Crippen LogP contribution in [0.25, 0.3) is 11.6 Å². The van der Waals surface area contributed by atoms with Gasteiger partial charge in [0.05, 0.1) is 16.4 Å². The molecule has 6 heteroatoms. The number of rotatable bonds is 1. The summed E-state index contributed by atoms with van der Waals surface area (Å²) in [7, 11) is 0. The molecule has 0 atom stereocenters. The molecule has 0 saturated carbocycles. The molecule has 0 aliphatic carbocycles. The van der Waals surface area contributed by atoms with Crippen LogP contribution in [0.5, 0.6) is 0 Å². The summed E-state index contributed by atoms with van der Waals surface area (Å²) < 4.78 is 19.0. The number of hydrogen-bond acceptors (Lipinski definition) is 4. The van der Waals surface area contributed by atoms with E-state index in [9.17, 15) is 4.39 Å². The highest BCUT2D eigenvalue weighted by atomic mass is 79.9. The number of aryl methyl sites for hydroxylation is 1. The SMILES string of the molecule is Cc1nc(-c2occc2Br)nc(N)c1F. The van der Waals surface area contributed by atoms with Crippen LogP contribution in [0.1, 0.15) is 5.69 Å². The van der Waals surface area contributed by atoms with Gasteiger partial charge in [0.1, 0.15) is 0 Å². The summed E-state index contributed by atoms with van der Waals surface area (Å²) >= 11 is 3.26. The Morgan fingerprint density at radius 2 is 2.20 bits per heavy atom. The Morgan fingerprint density at radius 3 is 2.73 bits per heavy atom. The Bertz CT molecular complexity index is 489. The first-order chi connectivity index (χ1) is 7.09. The van der Waals surface area contributed by atoms with Crippen molar-refractivity contribution < 1.29 is 8.81 Å². The van der Waals surface area contributed by atoms with E-state index < -0.39 is 5.82 Å². The molecule has 2 rings (SSSR count). The van der Waals surface area contributed by atoms with Gasteiger partial charge in [-0.25, -0.2) is 14.4 Å². The lowest BCUT2D eigenvalue weighted by molar-refractivity contribution is 0.571. The van der Waals surface area contributed by atoms with Crippen LogP contribution in [0.15, 0.2) is 21.2 Å². The van der Waals surface area contributed by atoms with E-state index in [1.807, 2.05) is 0 Å². The van der Waals surface area contributed by atoms with Crippen molar-refractivity contribution in [3.8, 4) is 11.6 Å². The van der Waals surface area contributed by atoms with E-state index in [1.54, 1.807) is 6.07 Å². The highest BCUT2D eigenvalue weighted by Crippen LogP contribution is 2.27. The maximum absolute atomic E-state index is 13.2. The first kappa shape index (κ1) is 10.1. The average Bonchev–Trinajstić information content (AvgIpc) is 2.60. The fraction of sp³-hybridized carbons (Fsp3) is 0.111. The second-order valence-electron chi connectivity index (χ2n) is 2.93. The number of nitrogen functional groups attached to an aromatic ring is 1. The maximum atomic E-state index is 13.2. The Balaban J connectivity index is 2.60. The van der Waals surface area contributed by atoms with Crippen molar-refractivity contribution in [2.24, 2.45) is 0 Å². The Morgan fingerprint density at radius 1 is 1.47 bits per heavy atom. The van der Waals surface area contributed by atoms with E-state index in [1.165, 1.54) is 13.2 Å². The van der Waals surface area contributed by atoms with Crippen LogP contribution in [-0.4, -0.2) is 9.97 Å². The summed E-state index contributed by atoms with van der Waals surface area (Å²) in [6, 6.07) is 1.70. The minimum Gasteiger partial charge on any atom is -0.460 e. The lowest BCUT2D eigenvalue weighted by Crippen LogP contribution is -2.02. The molecule has 0 aliphatic heterocycles. The normalized spacial score (nSPS) is 10.6. The molecule has 2 aromatic rings. The van der Waals surface area contributed by atoms with Crippen molar-refractivity contribution >= 4 is 21.7 Å². The average molecular weight is 272 g/mol. The molecule has 15 heavy (non-hydrogen) atoms. The Labute approximate surface area is 93.5 Å². The molecule has 0 aliphatic rings. The number of anilines is 1. The molecule has 4 nitrogen and oxygen atoms in total. The molecule has 2 aromatic heterocycles. The van der Waals surface area contributed by atoms with Crippen molar-refractivity contribution in [2.45, 2.75) is 6.92 Å². The summed E-state index contributed by atoms with van der Waals surface area (Å²) in [5, 5.41) is 0. The zero-order valence-corrected chi connectivity index (χ0v) is 9.38. The van der Waals surface area contributed by atoms with E-state index in [-0.39, 0.29) is 17.3 Å². The highest BCUT2D eigenvalue weighted by molar-refractivity contribution is 9.10. The molecule has 0 unspecified atom stereocenters. The lowest BCUT2D eigenvalue weighted by Gasteiger charge is -2.02. The number of aromatic nitrogens is 2. The molecule has 0 amide bonds. The predicted octanol–water partition coefficient (Wildman–Crippen LogP) is 2.53. The van der Waals surface area contributed by atoms with Gasteiger partial charge in [-0.05, 0) is 28.9 Å². The zero-order chi connectivity index (χ0) is 11.0. The topological polar surface area (TPSA) is 64.9 Å². The van der Waals surface area contributed by atoms with Gasteiger partial charge in [0.15, 0.2) is 23.2 Å². The molecule has 2 heterocycles. The van der Waals surface area contributed by atoms with E-state index in [4.69, 9.17) is 10.2 Å². The summed E-state index contributed by atoms with van der Waals surface area (Å²) in [4.78, 5) is 7.75. The highest BCUT2D eigenvalue weighted by Gasteiger charge is 2.14. The van der Waals surface area contributed by atoms with Crippen molar-refractivity contribution in [3.63, 3.8) is 0 Å². The van der Waals surface area contributed by atoms with Crippen molar-refractivity contribution in [2.75, 3.05) is 5.73 Å². The second-order valence-corrected chi connectivity index (χ2v) is 3.78. The first-order valence-corrected chi connectivity index (χ1v) is 4.92. The van der Waals surface area contributed by atoms with E-state index in [0.29, 0.717) is 10.2 Å². The third-order valence-electron chi connectivity index (χ3n) is 1.86. The van der Waals surface area contributed by atoms with Gasteiger partial charge < -0.3 is 10.2 Å². The zero-order valence-electron chi connectivity index (χ0n) is 7.79. The molecule has 0 radical (unpaired) electrons. The fourth-order valence-corrected chi connectivity index (χ4v) is 1.51. The predicted molar refractivity (Wildman–Crippen MR) is 56.5 cm³/mol. The molecule has 2 N–H and O–H groups in total. The van der Waals surface area contributed by atoms with Crippen LogP contribution in [0.3, 0.4) is 0 Å². The van der Waals surface area contributed by atoms with Gasteiger partial charge in [-0.15, -0.1) is 0 Å². The lowest BCUT2D eigenvalue weighted by atomic mass is 10.3. The number of halogens is 2. The molecule has 0 saturated heterocycles. The largest absolute Gasteiger partial charge is 0.460 e. The van der Waals surface area contributed by atoms with Gasteiger partial charge in [0.25, 0.3) is 0 Å². The van der Waals surface area contributed by atoms with E-state index in [2.05, 4.69) is 25.9 Å². The van der Waals surface area contributed by atoms with Gasteiger partial charge in [-0.2, -0.15) is 0 Å². The Kier molecular flexibility index (Phi) is 2.44. The molecular weight excluding hydrogens is 265 g/mol. The van der Waals surface area contributed by atoms with Crippen molar-refractivity contribution in [1.29, 1.82) is 0 Å². The summed E-state index contributed by atoms with van der Waals surface area (Å²) in [5.41, 5.74) is 5.59. The maximum Gasteiger partial charge on any atom is 0.199 e. The third-order valence-corrected chi connectivity index (χ3v) is 2.49. The number of hydrogen-bond donors (Lipinski definition) is 1. The molecule has 0 fully saturated rings. The molecular formula is C9H7BrFN3O. The van der Waals surface area contributed by atoms with Crippen LogP contribution in [0, 0.1) is 12.7 Å². The van der Waals surface area contributed by atoms with Crippen molar-refractivity contribution in [1.82, 2.24) is 9.97 Å². The molecule has 0 aromatic carbocycles. The van der Waals surface area contributed by atoms with E-state index in [0.717, 1.165) is 0 Å². The number of furan rings is 1. The first-order valence-electron chi connectivity index (χ1n) is 4.12. The molecule has 0 bridgehead atoms. The van der Waals surface area contributed by atoms with Crippen LogP contribution in [0.2, 0.25) is 0 Å². The van der Waals surface area contributed by atoms with Crippen LogP contribution in [0.4, 0.5) is 10.2 Å². The number of nitrogens with zero attached hydrogens (tertiary/aromatic N) is 2.